The highest BCUT2D eigenvalue weighted by Gasteiger charge is 2.43. The van der Waals surface area contributed by atoms with Crippen molar-refractivity contribution < 1.29 is 9.84 Å². The zero-order chi connectivity index (χ0) is 10.3. The number of aliphatic hydroxyl groups is 1. The third-order valence-corrected chi connectivity index (χ3v) is 2.96. The average molecular weight is 231 g/mol. The van der Waals surface area contributed by atoms with E-state index in [9.17, 15) is 5.11 Å². The molecular weight excluding hydrogens is 223 g/mol. The lowest BCUT2D eigenvalue weighted by Gasteiger charge is -2.36. The molecule has 1 aliphatic heterocycles. The van der Waals surface area contributed by atoms with Gasteiger partial charge in [0, 0.05) is 15.6 Å². The molecule has 4 heteroatoms. The van der Waals surface area contributed by atoms with E-state index in [-0.39, 0.29) is 5.76 Å². The molecule has 0 saturated heterocycles. The minimum atomic E-state index is -0.893. The summed E-state index contributed by atoms with van der Waals surface area (Å²) in [5, 5.41) is 10.5. The fraction of sp³-hybridized carbons (Fsp3) is 0.200. The van der Waals surface area contributed by atoms with E-state index in [1.165, 1.54) is 6.26 Å². The normalized spacial score (nSPS) is 24.9. The number of hydrogen-bond acceptors (Lipinski definition) is 2. The van der Waals surface area contributed by atoms with Crippen molar-refractivity contribution in [3.8, 4) is 0 Å². The first-order chi connectivity index (χ1) is 6.55. The molecule has 0 bridgehead atoms. The Hall–Kier alpha value is -0.860. The maximum atomic E-state index is 9.49. The lowest BCUT2D eigenvalue weighted by molar-refractivity contribution is -0.0324. The van der Waals surface area contributed by atoms with Crippen molar-refractivity contribution >= 4 is 23.2 Å². The summed E-state index contributed by atoms with van der Waals surface area (Å²) < 4.78 is 5.20. The molecule has 0 aliphatic carbocycles. The molecule has 1 heterocycles. The number of halogens is 2. The van der Waals surface area contributed by atoms with Crippen LogP contribution in [0.5, 0.6) is 0 Å². The fourth-order valence-electron chi connectivity index (χ4n) is 1.43. The highest BCUT2D eigenvalue weighted by atomic mass is 35.5. The van der Waals surface area contributed by atoms with E-state index in [1.54, 1.807) is 25.1 Å². The molecule has 0 aromatic heterocycles. The second-order valence-electron chi connectivity index (χ2n) is 3.25. The average Bonchev–Trinajstić information content (AvgIpc) is 2.15. The summed E-state index contributed by atoms with van der Waals surface area (Å²) in [6.07, 6.45) is 1.28. The van der Waals surface area contributed by atoms with Gasteiger partial charge in [0.2, 0.25) is 0 Å². The zero-order valence-electron chi connectivity index (χ0n) is 7.42. The van der Waals surface area contributed by atoms with Gasteiger partial charge in [-0.05, 0) is 19.1 Å². The van der Waals surface area contributed by atoms with Crippen LogP contribution in [0.1, 0.15) is 12.5 Å². The Morgan fingerprint density at radius 1 is 1.29 bits per heavy atom. The third kappa shape index (κ3) is 1.18. The SMILES string of the molecule is CC1(c2c(Cl)cccc2Cl)OC=C1O. The Bertz CT molecular complexity index is 394. The van der Waals surface area contributed by atoms with Crippen LogP contribution in [-0.4, -0.2) is 5.11 Å². The summed E-state index contributed by atoms with van der Waals surface area (Å²) in [5.41, 5.74) is -0.293. The number of aliphatic hydroxyl groups excluding tert-OH is 1. The van der Waals surface area contributed by atoms with Crippen LogP contribution >= 0.6 is 23.2 Å². The molecule has 2 nitrogen and oxygen atoms in total. The van der Waals surface area contributed by atoms with Crippen LogP contribution in [-0.2, 0) is 10.3 Å². The van der Waals surface area contributed by atoms with Crippen molar-refractivity contribution in [2.24, 2.45) is 0 Å². The van der Waals surface area contributed by atoms with Gasteiger partial charge in [0.1, 0.15) is 6.26 Å². The van der Waals surface area contributed by atoms with Crippen LogP contribution in [0.4, 0.5) is 0 Å². The number of rotatable bonds is 1. The molecule has 2 rings (SSSR count). The van der Waals surface area contributed by atoms with Gasteiger partial charge >= 0.3 is 0 Å². The molecule has 1 N–H and O–H groups in total. The van der Waals surface area contributed by atoms with Crippen LogP contribution in [0.25, 0.3) is 0 Å². The topological polar surface area (TPSA) is 29.5 Å². The van der Waals surface area contributed by atoms with Crippen molar-refractivity contribution in [3.63, 3.8) is 0 Å². The molecule has 1 aromatic rings. The molecule has 1 aromatic carbocycles. The maximum Gasteiger partial charge on any atom is 0.193 e. The Labute approximate surface area is 91.7 Å². The highest BCUT2D eigenvalue weighted by molar-refractivity contribution is 6.36. The first-order valence-corrected chi connectivity index (χ1v) is 4.83. The van der Waals surface area contributed by atoms with Crippen molar-refractivity contribution in [3.05, 3.63) is 45.8 Å². The van der Waals surface area contributed by atoms with Crippen LogP contribution in [0.3, 0.4) is 0 Å². The van der Waals surface area contributed by atoms with Crippen LogP contribution in [0.2, 0.25) is 10.0 Å². The second-order valence-corrected chi connectivity index (χ2v) is 4.07. The first kappa shape index (κ1) is 9.69. The smallest absolute Gasteiger partial charge is 0.193 e. The van der Waals surface area contributed by atoms with E-state index in [0.717, 1.165) is 0 Å². The van der Waals surface area contributed by atoms with Gasteiger partial charge < -0.3 is 9.84 Å². The largest absolute Gasteiger partial charge is 0.505 e. The highest BCUT2D eigenvalue weighted by Crippen LogP contribution is 2.45. The predicted molar refractivity (Wildman–Crippen MR) is 55.6 cm³/mol. The predicted octanol–water partition coefficient (Wildman–Crippen LogP) is 3.64. The summed E-state index contributed by atoms with van der Waals surface area (Å²) in [7, 11) is 0. The van der Waals surface area contributed by atoms with Gasteiger partial charge in [-0.2, -0.15) is 0 Å². The van der Waals surface area contributed by atoms with Crippen molar-refractivity contribution in [1.82, 2.24) is 0 Å². The fourth-order valence-corrected chi connectivity index (χ4v) is 2.19. The third-order valence-electron chi connectivity index (χ3n) is 2.33. The van der Waals surface area contributed by atoms with E-state index >= 15 is 0 Å². The molecule has 0 amide bonds. The summed E-state index contributed by atoms with van der Waals surface area (Å²) in [5.74, 6) is 0.132. The monoisotopic (exact) mass is 230 g/mol. The van der Waals surface area contributed by atoms with E-state index in [0.29, 0.717) is 15.6 Å². The Balaban J connectivity index is 2.57. The summed E-state index contributed by atoms with van der Waals surface area (Å²) >= 11 is 12.0. The number of benzene rings is 1. The standard InChI is InChI=1S/C10H8Cl2O2/c1-10(8(13)5-14-10)9-6(11)3-2-4-7(9)12/h2-5,13H,1H3. The second kappa shape index (κ2) is 3.07. The molecule has 0 fully saturated rings. The van der Waals surface area contributed by atoms with Gasteiger partial charge in [-0.3, -0.25) is 0 Å². The number of ether oxygens (including phenoxy) is 1. The van der Waals surface area contributed by atoms with Crippen molar-refractivity contribution in [2.45, 2.75) is 12.5 Å². The Kier molecular flexibility index (Phi) is 2.13. The summed E-state index contributed by atoms with van der Waals surface area (Å²) in [4.78, 5) is 0. The quantitative estimate of drug-likeness (QED) is 0.799. The van der Waals surface area contributed by atoms with E-state index < -0.39 is 5.60 Å². The lowest BCUT2D eigenvalue weighted by atomic mass is 9.91. The molecule has 74 valence electrons. The van der Waals surface area contributed by atoms with Gasteiger partial charge in [0.15, 0.2) is 11.4 Å². The molecule has 14 heavy (non-hydrogen) atoms. The van der Waals surface area contributed by atoms with Gasteiger partial charge in [0.25, 0.3) is 0 Å². The maximum absolute atomic E-state index is 9.49. The first-order valence-electron chi connectivity index (χ1n) is 4.07. The molecule has 1 atom stereocenters. The van der Waals surface area contributed by atoms with E-state index in [2.05, 4.69) is 0 Å². The molecule has 1 unspecified atom stereocenters. The van der Waals surface area contributed by atoms with E-state index in [1.807, 2.05) is 0 Å². The van der Waals surface area contributed by atoms with Crippen LogP contribution in [0, 0.1) is 0 Å². The zero-order valence-corrected chi connectivity index (χ0v) is 8.93. The summed E-state index contributed by atoms with van der Waals surface area (Å²) in [6.45, 7) is 1.72. The van der Waals surface area contributed by atoms with Crippen LogP contribution < -0.4 is 0 Å². The van der Waals surface area contributed by atoms with Crippen molar-refractivity contribution in [2.75, 3.05) is 0 Å². The molecule has 0 radical (unpaired) electrons. The van der Waals surface area contributed by atoms with Gasteiger partial charge in [0.05, 0.1) is 0 Å². The molecule has 1 aliphatic rings. The molecule has 0 saturated carbocycles. The van der Waals surface area contributed by atoms with E-state index in [4.69, 9.17) is 27.9 Å². The van der Waals surface area contributed by atoms with Crippen molar-refractivity contribution in [1.29, 1.82) is 0 Å². The molecule has 0 spiro atoms. The van der Waals surface area contributed by atoms with Gasteiger partial charge in [-0.15, -0.1) is 0 Å². The van der Waals surface area contributed by atoms with Crippen LogP contribution in [0.15, 0.2) is 30.2 Å². The Morgan fingerprint density at radius 3 is 2.21 bits per heavy atom. The minimum absolute atomic E-state index is 0.132. The van der Waals surface area contributed by atoms with Gasteiger partial charge in [-0.1, -0.05) is 29.3 Å². The Morgan fingerprint density at radius 2 is 1.86 bits per heavy atom. The number of hydrogen-bond donors (Lipinski definition) is 1. The van der Waals surface area contributed by atoms with Gasteiger partial charge in [-0.25, -0.2) is 0 Å². The molecular formula is C10H8Cl2O2. The lowest BCUT2D eigenvalue weighted by Crippen LogP contribution is -2.34. The minimum Gasteiger partial charge on any atom is -0.505 e. The summed E-state index contributed by atoms with van der Waals surface area (Å²) in [6, 6.07) is 5.17.